The SMILES string of the molecule is Cc1csc(CNc2cccc(S(N)(=O)=O)c2N)n1. The van der Waals surface area contributed by atoms with Gasteiger partial charge in [0, 0.05) is 11.1 Å². The maximum Gasteiger partial charge on any atom is 0.240 e. The molecule has 0 aliphatic heterocycles. The van der Waals surface area contributed by atoms with Crippen LogP contribution in [0.15, 0.2) is 28.5 Å². The molecule has 102 valence electrons. The van der Waals surface area contributed by atoms with Gasteiger partial charge in [-0.15, -0.1) is 11.3 Å². The minimum absolute atomic E-state index is 0.0761. The minimum atomic E-state index is -3.81. The molecule has 6 nitrogen and oxygen atoms in total. The molecule has 0 fully saturated rings. The number of sulfonamides is 1. The number of anilines is 2. The summed E-state index contributed by atoms with van der Waals surface area (Å²) in [5, 5.41) is 11.0. The van der Waals surface area contributed by atoms with Crippen LogP contribution in [0.4, 0.5) is 11.4 Å². The number of nitrogens with one attached hydrogen (secondary N) is 1. The van der Waals surface area contributed by atoms with Crippen molar-refractivity contribution in [3.63, 3.8) is 0 Å². The molecule has 1 heterocycles. The molecule has 0 unspecified atom stereocenters. The van der Waals surface area contributed by atoms with E-state index in [2.05, 4.69) is 10.3 Å². The van der Waals surface area contributed by atoms with Gasteiger partial charge in [0.1, 0.15) is 9.90 Å². The lowest BCUT2D eigenvalue weighted by Crippen LogP contribution is -2.15. The Morgan fingerprint density at radius 3 is 2.74 bits per heavy atom. The van der Waals surface area contributed by atoms with Gasteiger partial charge in [0.15, 0.2) is 0 Å². The summed E-state index contributed by atoms with van der Waals surface area (Å²) in [6, 6.07) is 4.67. The summed E-state index contributed by atoms with van der Waals surface area (Å²) in [7, 11) is -3.81. The summed E-state index contributed by atoms with van der Waals surface area (Å²) in [5.74, 6) is 0. The van der Waals surface area contributed by atoms with Crippen LogP contribution in [0, 0.1) is 6.92 Å². The summed E-state index contributed by atoms with van der Waals surface area (Å²) in [4.78, 5) is 4.22. The van der Waals surface area contributed by atoms with Gasteiger partial charge in [-0.3, -0.25) is 0 Å². The summed E-state index contributed by atoms with van der Waals surface area (Å²) in [6.45, 7) is 2.40. The van der Waals surface area contributed by atoms with Crippen molar-refractivity contribution >= 4 is 32.7 Å². The number of aryl methyl sites for hydroxylation is 1. The third-order valence-corrected chi connectivity index (χ3v) is 4.40. The molecule has 0 radical (unpaired) electrons. The van der Waals surface area contributed by atoms with Crippen molar-refractivity contribution in [1.29, 1.82) is 0 Å². The van der Waals surface area contributed by atoms with Crippen molar-refractivity contribution in [2.75, 3.05) is 11.1 Å². The molecule has 0 saturated carbocycles. The van der Waals surface area contributed by atoms with Crippen molar-refractivity contribution in [2.45, 2.75) is 18.4 Å². The molecule has 1 aromatic carbocycles. The number of nitrogen functional groups attached to an aromatic ring is 1. The van der Waals surface area contributed by atoms with Crippen molar-refractivity contribution in [3.8, 4) is 0 Å². The fourth-order valence-corrected chi connectivity index (χ4v) is 3.00. The van der Waals surface area contributed by atoms with Gasteiger partial charge >= 0.3 is 0 Å². The van der Waals surface area contributed by atoms with Crippen LogP contribution in [0.25, 0.3) is 0 Å². The highest BCUT2D eigenvalue weighted by Crippen LogP contribution is 2.26. The zero-order valence-electron chi connectivity index (χ0n) is 10.3. The monoisotopic (exact) mass is 298 g/mol. The first-order valence-electron chi connectivity index (χ1n) is 5.44. The van der Waals surface area contributed by atoms with Crippen LogP contribution in [0.5, 0.6) is 0 Å². The van der Waals surface area contributed by atoms with Gasteiger partial charge in [-0.25, -0.2) is 18.5 Å². The number of primary sulfonamides is 1. The van der Waals surface area contributed by atoms with Gasteiger partial charge in [0.05, 0.1) is 17.9 Å². The molecule has 0 atom stereocenters. The fraction of sp³-hybridized carbons (Fsp3) is 0.182. The highest BCUT2D eigenvalue weighted by atomic mass is 32.2. The van der Waals surface area contributed by atoms with Crippen molar-refractivity contribution in [1.82, 2.24) is 4.98 Å². The molecule has 8 heteroatoms. The second kappa shape index (κ2) is 5.16. The van der Waals surface area contributed by atoms with E-state index in [1.165, 1.54) is 17.4 Å². The number of aromatic nitrogens is 1. The van der Waals surface area contributed by atoms with Crippen molar-refractivity contribution in [2.24, 2.45) is 5.14 Å². The van der Waals surface area contributed by atoms with Crippen LogP contribution in [-0.4, -0.2) is 13.4 Å². The molecule has 0 aliphatic rings. The first-order chi connectivity index (χ1) is 8.88. The maximum atomic E-state index is 11.3. The topological polar surface area (TPSA) is 111 Å². The molecular formula is C11H14N4O2S2. The molecule has 0 amide bonds. The number of thiazole rings is 1. The highest BCUT2D eigenvalue weighted by molar-refractivity contribution is 7.89. The van der Waals surface area contributed by atoms with E-state index in [-0.39, 0.29) is 10.6 Å². The Morgan fingerprint density at radius 1 is 1.42 bits per heavy atom. The molecule has 2 aromatic rings. The predicted octanol–water partition coefficient (Wildman–Crippen LogP) is 1.29. The Hall–Kier alpha value is -1.64. The maximum absolute atomic E-state index is 11.3. The summed E-state index contributed by atoms with van der Waals surface area (Å²) < 4.78 is 22.7. The van der Waals surface area contributed by atoms with E-state index in [1.54, 1.807) is 12.1 Å². The quantitative estimate of drug-likeness (QED) is 0.737. The summed E-state index contributed by atoms with van der Waals surface area (Å²) in [6.07, 6.45) is 0. The van der Waals surface area contributed by atoms with E-state index in [9.17, 15) is 8.42 Å². The van der Waals surface area contributed by atoms with Crippen LogP contribution in [0.1, 0.15) is 10.7 Å². The second-order valence-corrected chi connectivity index (χ2v) is 6.47. The predicted molar refractivity (Wildman–Crippen MR) is 76.4 cm³/mol. The number of nitrogens with two attached hydrogens (primary N) is 2. The van der Waals surface area contributed by atoms with E-state index in [0.717, 1.165) is 10.7 Å². The molecule has 0 aliphatic carbocycles. The summed E-state index contributed by atoms with van der Waals surface area (Å²) in [5.41, 5.74) is 7.40. The Morgan fingerprint density at radius 2 is 2.16 bits per heavy atom. The average Bonchev–Trinajstić information content (AvgIpc) is 2.72. The first kappa shape index (κ1) is 13.8. The van der Waals surface area contributed by atoms with Crippen molar-refractivity contribution < 1.29 is 8.42 Å². The van der Waals surface area contributed by atoms with E-state index in [0.29, 0.717) is 12.2 Å². The molecule has 1 aromatic heterocycles. The number of hydrogen-bond acceptors (Lipinski definition) is 6. The third-order valence-electron chi connectivity index (χ3n) is 2.47. The lowest BCUT2D eigenvalue weighted by molar-refractivity contribution is 0.598. The van der Waals surface area contributed by atoms with E-state index >= 15 is 0 Å². The Bertz CT molecular complexity index is 694. The zero-order chi connectivity index (χ0) is 14.0. The molecular weight excluding hydrogens is 284 g/mol. The van der Waals surface area contributed by atoms with Crippen LogP contribution < -0.4 is 16.2 Å². The summed E-state index contributed by atoms with van der Waals surface area (Å²) >= 11 is 1.53. The highest BCUT2D eigenvalue weighted by Gasteiger charge is 2.14. The van der Waals surface area contributed by atoms with E-state index < -0.39 is 10.0 Å². The first-order valence-corrected chi connectivity index (χ1v) is 7.86. The Balaban J connectivity index is 2.22. The number of para-hydroxylation sites is 1. The molecule has 19 heavy (non-hydrogen) atoms. The van der Waals surface area contributed by atoms with Crippen LogP contribution in [-0.2, 0) is 16.6 Å². The Labute approximate surface area is 115 Å². The fourth-order valence-electron chi connectivity index (χ4n) is 1.60. The van der Waals surface area contributed by atoms with Gasteiger partial charge in [-0.2, -0.15) is 0 Å². The molecule has 0 bridgehead atoms. The number of nitrogens with zero attached hydrogens (tertiary/aromatic N) is 1. The van der Waals surface area contributed by atoms with E-state index in [1.807, 2.05) is 12.3 Å². The smallest absolute Gasteiger partial charge is 0.240 e. The largest absolute Gasteiger partial charge is 0.396 e. The number of rotatable bonds is 4. The van der Waals surface area contributed by atoms with Crippen LogP contribution >= 0.6 is 11.3 Å². The molecule has 0 saturated heterocycles. The molecule has 5 N–H and O–H groups in total. The standard InChI is InChI=1S/C11H14N4O2S2/c1-7-6-18-10(15-7)5-14-8-3-2-4-9(11(8)12)19(13,16)17/h2-4,6,14H,5,12H2,1H3,(H2,13,16,17). The molecule has 2 rings (SSSR count). The lowest BCUT2D eigenvalue weighted by Gasteiger charge is -2.10. The van der Waals surface area contributed by atoms with Crippen LogP contribution in [0.3, 0.4) is 0 Å². The lowest BCUT2D eigenvalue weighted by atomic mass is 10.2. The van der Waals surface area contributed by atoms with Crippen LogP contribution in [0.2, 0.25) is 0 Å². The Kier molecular flexibility index (Phi) is 3.74. The van der Waals surface area contributed by atoms with Gasteiger partial charge < -0.3 is 11.1 Å². The average molecular weight is 298 g/mol. The normalized spacial score (nSPS) is 11.5. The molecule has 0 spiro atoms. The van der Waals surface area contributed by atoms with Crippen molar-refractivity contribution in [3.05, 3.63) is 34.3 Å². The van der Waals surface area contributed by atoms with Gasteiger partial charge in [0.25, 0.3) is 0 Å². The van der Waals surface area contributed by atoms with E-state index in [4.69, 9.17) is 10.9 Å². The number of benzene rings is 1. The minimum Gasteiger partial charge on any atom is -0.396 e. The zero-order valence-corrected chi connectivity index (χ0v) is 11.9. The second-order valence-electron chi connectivity index (χ2n) is 4.00. The third kappa shape index (κ3) is 3.22. The van der Waals surface area contributed by atoms with Gasteiger partial charge in [-0.1, -0.05) is 6.07 Å². The van der Waals surface area contributed by atoms with Gasteiger partial charge in [-0.05, 0) is 19.1 Å². The van der Waals surface area contributed by atoms with Gasteiger partial charge in [0.2, 0.25) is 10.0 Å². The number of hydrogen-bond donors (Lipinski definition) is 3.